The van der Waals surface area contributed by atoms with E-state index in [-0.39, 0.29) is 5.38 Å². The number of ether oxygens (including phenoxy) is 3. The van der Waals surface area contributed by atoms with Crippen molar-refractivity contribution < 1.29 is 14.2 Å². The monoisotopic (exact) mass is 298 g/mol. The molecule has 0 aromatic heterocycles. The minimum absolute atomic E-state index is 0.0543. The summed E-state index contributed by atoms with van der Waals surface area (Å²) in [6.45, 7) is 0.892. The zero-order valence-corrected chi connectivity index (χ0v) is 13.0. The Hall–Kier alpha value is -0.930. The third kappa shape index (κ3) is 4.03. The number of hydrogen-bond donors (Lipinski definition) is 0. The van der Waals surface area contributed by atoms with Gasteiger partial charge in [0.05, 0.1) is 25.7 Å². The molecule has 2 rings (SSSR count). The highest BCUT2D eigenvalue weighted by Gasteiger charge is 2.19. The second-order valence-electron chi connectivity index (χ2n) is 5.14. The van der Waals surface area contributed by atoms with E-state index < -0.39 is 0 Å². The lowest BCUT2D eigenvalue weighted by Gasteiger charge is -2.23. The van der Waals surface area contributed by atoms with Gasteiger partial charge in [-0.05, 0) is 38.2 Å². The van der Waals surface area contributed by atoms with Gasteiger partial charge in [-0.2, -0.15) is 0 Å². The predicted octanol–water partition coefficient (Wildman–Crippen LogP) is 4.33. The van der Waals surface area contributed by atoms with Gasteiger partial charge in [0, 0.05) is 18.2 Å². The highest BCUT2D eigenvalue weighted by atomic mass is 35.5. The van der Waals surface area contributed by atoms with Gasteiger partial charge >= 0.3 is 0 Å². The molecular formula is C16H23ClO3. The number of halogens is 1. The third-order valence-corrected chi connectivity index (χ3v) is 4.25. The van der Waals surface area contributed by atoms with E-state index in [4.69, 9.17) is 25.8 Å². The smallest absolute Gasteiger partial charge is 0.127 e. The van der Waals surface area contributed by atoms with Crippen LogP contribution in [0.1, 0.15) is 43.0 Å². The Morgan fingerprint density at radius 2 is 2.15 bits per heavy atom. The molecule has 0 saturated carbocycles. The van der Waals surface area contributed by atoms with Crippen LogP contribution in [0.2, 0.25) is 0 Å². The summed E-state index contributed by atoms with van der Waals surface area (Å²) in [7, 11) is 3.30. The van der Waals surface area contributed by atoms with E-state index in [2.05, 4.69) is 0 Å². The first-order chi connectivity index (χ1) is 9.74. The fraction of sp³-hybridized carbons (Fsp3) is 0.625. The third-order valence-electron chi connectivity index (χ3n) is 3.79. The Morgan fingerprint density at radius 1 is 1.30 bits per heavy atom. The van der Waals surface area contributed by atoms with Crippen LogP contribution in [0.3, 0.4) is 0 Å². The van der Waals surface area contributed by atoms with Crippen molar-refractivity contribution in [3.05, 3.63) is 23.8 Å². The minimum atomic E-state index is -0.0543. The van der Waals surface area contributed by atoms with Crippen LogP contribution in [0.15, 0.2) is 18.2 Å². The van der Waals surface area contributed by atoms with E-state index in [0.717, 1.165) is 42.9 Å². The Labute approximate surface area is 126 Å². The molecule has 1 aromatic carbocycles. The molecule has 1 fully saturated rings. The first-order valence-electron chi connectivity index (χ1n) is 7.22. The first-order valence-corrected chi connectivity index (χ1v) is 7.66. The predicted molar refractivity (Wildman–Crippen MR) is 81.0 cm³/mol. The maximum Gasteiger partial charge on any atom is 0.127 e. The molecule has 20 heavy (non-hydrogen) atoms. The van der Waals surface area contributed by atoms with Crippen molar-refractivity contribution in [2.45, 2.75) is 43.6 Å². The topological polar surface area (TPSA) is 27.7 Å². The van der Waals surface area contributed by atoms with Crippen LogP contribution < -0.4 is 9.47 Å². The Balaban J connectivity index is 1.95. The van der Waals surface area contributed by atoms with E-state index in [1.54, 1.807) is 14.2 Å². The van der Waals surface area contributed by atoms with E-state index in [1.807, 2.05) is 18.2 Å². The Kier molecular flexibility index (Phi) is 5.99. The van der Waals surface area contributed by atoms with Gasteiger partial charge in [-0.1, -0.05) is 6.07 Å². The fourth-order valence-electron chi connectivity index (χ4n) is 2.60. The molecule has 0 radical (unpaired) electrons. The summed E-state index contributed by atoms with van der Waals surface area (Å²) in [5.41, 5.74) is 1.02. The summed E-state index contributed by atoms with van der Waals surface area (Å²) in [6.07, 6.45) is 5.88. The molecular weight excluding hydrogens is 276 g/mol. The molecule has 1 aliphatic heterocycles. The molecule has 1 saturated heterocycles. The lowest BCUT2D eigenvalue weighted by molar-refractivity contribution is 0.00998. The van der Waals surface area contributed by atoms with Crippen molar-refractivity contribution in [3.63, 3.8) is 0 Å². The van der Waals surface area contributed by atoms with Crippen molar-refractivity contribution in [2.75, 3.05) is 20.8 Å². The normalized spacial score (nSPS) is 20.4. The van der Waals surface area contributed by atoms with Crippen LogP contribution in [-0.4, -0.2) is 26.9 Å². The first kappa shape index (κ1) is 15.5. The van der Waals surface area contributed by atoms with Crippen molar-refractivity contribution in [3.8, 4) is 11.5 Å². The summed E-state index contributed by atoms with van der Waals surface area (Å²) in [4.78, 5) is 0. The Bertz CT molecular complexity index is 416. The zero-order chi connectivity index (χ0) is 14.4. The molecule has 0 bridgehead atoms. The zero-order valence-electron chi connectivity index (χ0n) is 12.2. The molecule has 3 nitrogen and oxygen atoms in total. The highest BCUT2D eigenvalue weighted by molar-refractivity contribution is 6.21. The molecule has 0 amide bonds. The lowest BCUT2D eigenvalue weighted by atomic mass is 10.0. The summed E-state index contributed by atoms with van der Waals surface area (Å²) >= 11 is 6.53. The molecule has 1 aliphatic rings. The maximum absolute atomic E-state index is 6.53. The summed E-state index contributed by atoms with van der Waals surface area (Å²) in [5, 5.41) is -0.0543. The van der Waals surface area contributed by atoms with Crippen LogP contribution in [-0.2, 0) is 4.74 Å². The average Bonchev–Trinajstić information content (AvgIpc) is 2.52. The molecule has 2 unspecified atom stereocenters. The van der Waals surface area contributed by atoms with Crippen molar-refractivity contribution in [1.29, 1.82) is 0 Å². The van der Waals surface area contributed by atoms with Crippen LogP contribution in [0.4, 0.5) is 0 Å². The van der Waals surface area contributed by atoms with Crippen LogP contribution in [0.25, 0.3) is 0 Å². The molecule has 0 aliphatic carbocycles. The lowest BCUT2D eigenvalue weighted by Crippen LogP contribution is -2.19. The summed E-state index contributed by atoms with van der Waals surface area (Å²) in [6, 6.07) is 5.78. The average molecular weight is 299 g/mol. The van der Waals surface area contributed by atoms with Crippen LogP contribution in [0.5, 0.6) is 11.5 Å². The maximum atomic E-state index is 6.53. The summed E-state index contributed by atoms with van der Waals surface area (Å²) in [5.74, 6) is 1.57. The molecule has 1 aromatic rings. The highest BCUT2D eigenvalue weighted by Crippen LogP contribution is 2.36. The number of rotatable bonds is 6. The van der Waals surface area contributed by atoms with Gasteiger partial charge in [0.15, 0.2) is 0 Å². The van der Waals surface area contributed by atoms with E-state index >= 15 is 0 Å². The number of hydrogen-bond acceptors (Lipinski definition) is 3. The standard InChI is InChI=1S/C16H23ClO3/c1-18-13-6-8-14(16(11-13)19-2)15(17)9-7-12-5-3-4-10-20-12/h6,8,11-12,15H,3-5,7,9-10H2,1-2H3. The molecule has 0 N–H and O–H groups in total. The van der Waals surface area contributed by atoms with Gasteiger partial charge in [-0.25, -0.2) is 0 Å². The van der Waals surface area contributed by atoms with Crippen LogP contribution >= 0.6 is 11.6 Å². The van der Waals surface area contributed by atoms with Gasteiger partial charge in [-0.3, -0.25) is 0 Å². The fourth-order valence-corrected chi connectivity index (χ4v) is 2.91. The van der Waals surface area contributed by atoms with Gasteiger partial charge in [0.1, 0.15) is 11.5 Å². The second-order valence-corrected chi connectivity index (χ2v) is 5.67. The quantitative estimate of drug-likeness (QED) is 0.732. The molecule has 1 heterocycles. The van der Waals surface area contributed by atoms with Crippen molar-refractivity contribution in [1.82, 2.24) is 0 Å². The van der Waals surface area contributed by atoms with Gasteiger partial charge in [0.2, 0.25) is 0 Å². The summed E-state index contributed by atoms with van der Waals surface area (Å²) < 4.78 is 16.4. The van der Waals surface area contributed by atoms with E-state index in [9.17, 15) is 0 Å². The second kappa shape index (κ2) is 7.75. The molecule has 2 atom stereocenters. The largest absolute Gasteiger partial charge is 0.497 e. The van der Waals surface area contributed by atoms with Crippen molar-refractivity contribution >= 4 is 11.6 Å². The SMILES string of the molecule is COc1ccc(C(Cl)CCC2CCCCO2)c(OC)c1. The number of methoxy groups -OCH3 is 2. The Morgan fingerprint density at radius 3 is 2.80 bits per heavy atom. The minimum Gasteiger partial charge on any atom is -0.497 e. The molecule has 112 valence electrons. The number of benzene rings is 1. The van der Waals surface area contributed by atoms with E-state index in [1.165, 1.54) is 12.8 Å². The molecule has 0 spiro atoms. The van der Waals surface area contributed by atoms with Gasteiger partial charge in [-0.15, -0.1) is 11.6 Å². The van der Waals surface area contributed by atoms with Crippen LogP contribution in [0, 0.1) is 0 Å². The van der Waals surface area contributed by atoms with E-state index in [0.29, 0.717) is 6.10 Å². The molecule has 4 heteroatoms. The van der Waals surface area contributed by atoms with Crippen molar-refractivity contribution in [2.24, 2.45) is 0 Å². The van der Waals surface area contributed by atoms with Gasteiger partial charge in [0.25, 0.3) is 0 Å². The number of alkyl halides is 1. The van der Waals surface area contributed by atoms with Gasteiger partial charge < -0.3 is 14.2 Å².